The van der Waals surface area contributed by atoms with Crippen molar-refractivity contribution in [2.45, 2.75) is 205 Å². The van der Waals surface area contributed by atoms with Crippen LogP contribution in [0.15, 0.2) is 12.2 Å². The number of allylic oxidation sites excluding steroid dienone is 2. The van der Waals surface area contributed by atoms with Crippen LogP contribution in [0.1, 0.15) is 205 Å². The summed E-state index contributed by atoms with van der Waals surface area (Å²) in [5.41, 5.74) is 0. The van der Waals surface area contributed by atoms with Crippen molar-refractivity contribution in [2.75, 3.05) is 0 Å². The molecule has 10 aliphatic carbocycles. The highest BCUT2D eigenvalue weighted by atomic mass is 14.6. The fourth-order valence-corrected chi connectivity index (χ4v) is 19.0. The predicted octanol–water partition coefficient (Wildman–Crippen LogP) is 15.3. The summed E-state index contributed by atoms with van der Waals surface area (Å²) in [6.45, 7) is 0. The summed E-state index contributed by atoms with van der Waals surface area (Å²) < 4.78 is 0. The van der Waals surface area contributed by atoms with Crippen LogP contribution in [0.5, 0.6) is 0 Å². The van der Waals surface area contributed by atoms with Crippen LogP contribution in [-0.4, -0.2) is 0 Å². The lowest BCUT2D eigenvalue weighted by Crippen LogP contribution is -2.58. The van der Waals surface area contributed by atoms with E-state index < -0.39 is 0 Å². The molecule has 0 aromatic rings. The quantitative estimate of drug-likeness (QED) is 0.249. The monoisotopic (exact) mass is 709 g/mol. The minimum atomic E-state index is 0.960. The molecule has 292 valence electrons. The number of hydrogen-bond donors (Lipinski definition) is 0. The zero-order valence-corrected chi connectivity index (χ0v) is 34.2. The molecule has 10 rings (SSSR count). The Morgan fingerprint density at radius 1 is 0.250 bits per heavy atom. The second kappa shape index (κ2) is 16.3. The second-order valence-electron chi connectivity index (χ2n) is 22.6. The Morgan fingerprint density at radius 2 is 0.673 bits per heavy atom. The first-order valence-electron chi connectivity index (χ1n) is 25.5. The van der Waals surface area contributed by atoms with Gasteiger partial charge in [-0.3, -0.25) is 0 Å². The van der Waals surface area contributed by atoms with Gasteiger partial charge in [0.15, 0.2) is 0 Å². The molecule has 0 heterocycles. The van der Waals surface area contributed by atoms with Crippen LogP contribution in [-0.2, 0) is 0 Å². The molecular formula is C52H84. The molecule has 0 radical (unpaired) electrons. The van der Waals surface area contributed by atoms with E-state index in [-0.39, 0.29) is 0 Å². The molecule has 0 bridgehead atoms. The minimum Gasteiger partial charge on any atom is -0.0882 e. The largest absolute Gasteiger partial charge is 0.0882 e. The number of fused-ring (bicyclic) bond motifs is 5. The smallest absolute Gasteiger partial charge is 0.0174 e. The molecular weight excluding hydrogens is 625 g/mol. The normalized spacial score (nSPS) is 50.7. The molecule has 9 fully saturated rings. The van der Waals surface area contributed by atoms with Crippen LogP contribution < -0.4 is 0 Å². The van der Waals surface area contributed by atoms with Crippen molar-refractivity contribution in [3.63, 3.8) is 0 Å². The van der Waals surface area contributed by atoms with Crippen molar-refractivity contribution in [2.24, 2.45) is 107 Å². The van der Waals surface area contributed by atoms with Crippen molar-refractivity contribution in [1.29, 1.82) is 0 Å². The lowest BCUT2D eigenvalue weighted by Gasteiger charge is -2.64. The van der Waals surface area contributed by atoms with Gasteiger partial charge in [-0.25, -0.2) is 0 Å². The van der Waals surface area contributed by atoms with E-state index in [1.165, 1.54) is 25.7 Å². The second-order valence-corrected chi connectivity index (χ2v) is 22.6. The van der Waals surface area contributed by atoms with E-state index in [9.17, 15) is 0 Å². The molecule has 52 heavy (non-hydrogen) atoms. The summed E-state index contributed by atoms with van der Waals surface area (Å²) in [6.07, 6.45) is 56.4. The third-order valence-electron chi connectivity index (χ3n) is 20.9. The fourth-order valence-electron chi connectivity index (χ4n) is 19.0. The van der Waals surface area contributed by atoms with E-state index in [1.54, 1.807) is 180 Å². The Bertz CT molecular complexity index is 1160. The van der Waals surface area contributed by atoms with Crippen molar-refractivity contribution < 1.29 is 0 Å². The average molecular weight is 709 g/mol. The van der Waals surface area contributed by atoms with Crippen molar-refractivity contribution >= 4 is 0 Å². The van der Waals surface area contributed by atoms with Crippen LogP contribution in [0.25, 0.3) is 0 Å². The Hall–Kier alpha value is -0.260. The molecule has 0 heteroatoms. The third kappa shape index (κ3) is 6.91. The topological polar surface area (TPSA) is 0 Å². The van der Waals surface area contributed by atoms with Crippen LogP contribution in [0.4, 0.5) is 0 Å². The standard InChI is InChI=1S/C52H84/c1-3-15-35(16-4-1)37-27-29-38(30-28-37)41-20-9-12-24-45(41)51-46-25-13-14-26-47(46)52(50-33-39(31-32-48(50)51)36-17-5-2-6-18-36)49-34-40-19-7-8-21-42(40)43-22-10-11-23-44(43)49/h8,21,35-52H,1-7,9-20,22-34H2. The lowest BCUT2D eigenvalue weighted by molar-refractivity contribution is -0.155. The highest BCUT2D eigenvalue weighted by Crippen LogP contribution is 2.67. The summed E-state index contributed by atoms with van der Waals surface area (Å²) in [7, 11) is 0. The van der Waals surface area contributed by atoms with Gasteiger partial charge in [-0.1, -0.05) is 115 Å². The van der Waals surface area contributed by atoms with Gasteiger partial charge in [0.1, 0.15) is 0 Å². The van der Waals surface area contributed by atoms with E-state index in [4.69, 9.17) is 0 Å². The molecule has 14 unspecified atom stereocenters. The van der Waals surface area contributed by atoms with Crippen LogP contribution in [0.2, 0.25) is 0 Å². The van der Waals surface area contributed by atoms with Gasteiger partial charge in [0, 0.05) is 0 Å². The van der Waals surface area contributed by atoms with Gasteiger partial charge in [0.2, 0.25) is 0 Å². The maximum Gasteiger partial charge on any atom is -0.0174 e. The molecule has 14 atom stereocenters. The molecule has 10 aliphatic rings. The van der Waals surface area contributed by atoms with Crippen molar-refractivity contribution in [3.8, 4) is 0 Å². The van der Waals surface area contributed by atoms with Gasteiger partial charge < -0.3 is 0 Å². The Morgan fingerprint density at radius 3 is 1.35 bits per heavy atom. The maximum atomic E-state index is 2.79. The fraction of sp³-hybridized carbons (Fsp3) is 0.962. The van der Waals surface area contributed by atoms with Gasteiger partial charge >= 0.3 is 0 Å². The Labute approximate surface area is 323 Å². The molecule has 0 saturated heterocycles. The molecule has 0 amide bonds. The van der Waals surface area contributed by atoms with Gasteiger partial charge in [0.05, 0.1) is 0 Å². The summed E-state index contributed by atoms with van der Waals surface area (Å²) in [4.78, 5) is 0. The zero-order valence-electron chi connectivity index (χ0n) is 34.2. The molecule has 9 saturated carbocycles. The first-order chi connectivity index (χ1) is 25.8. The summed E-state index contributed by atoms with van der Waals surface area (Å²) in [6, 6.07) is 0. The van der Waals surface area contributed by atoms with Crippen LogP contribution in [0.3, 0.4) is 0 Å². The summed E-state index contributed by atoms with van der Waals surface area (Å²) in [5, 5.41) is 0. The highest BCUT2D eigenvalue weighted by Gasteiger charge is 2.60. The van der Waals surface area contributed by atoms with Gasteiger partial charge in [-0.05, 0) is 209 Å². The van der Waals surface area contributed by atoms with E-state index in [0.29, 0.717) is 0 Å². The summed E-state index contributed by atoms with van der Waals surface area (Å²) >= 11 is 0. The average Bonchev–Trinajstić information content (AvgIpc) is 3.23. The van der Waals surface area contributed by atoms with Crippen molar-refractivity contribution in [3.05, 3.63) is 12.2 Å². The highest BCUT2D eigenvalue weighted by molar-refractivity contribution is 5.11. The van der Waals surface area contributed by atoms with Crippen molar-refractivity contribution in [1.82, 2.24) is 0 Å². The number of hydrogen-bond acceptors (Lipinski definition) is 0. The SMILES string of the molecule is C1=CC2C(CC1)CC(C1C3CCCCC3C(C3CCCCC3C3CCC(C4CCCCC4)CC3)C3CCC(C4CCCCC4)CC31)C1CCCCC21. The van der Waals surface area contributed by atoms with Crippen LogP contribution >= 0.6 is 0 Å². The Balaban J connectivity index is 0.964. The van der Waals surface area contributed by atoms with E-state index >= 15 is 0 Å². The molecule has 0 nitrogen and oxygen atoms in total. The predicted molar refractivity (Wildman–Crippen MR) is 220 cm³/mol. The first kappa shape index (κ1) is 36.1. The van der Waals surface area contributed by atoms with E-state index in [1.807, 2.05) is 0 Å². The zero-order chi connectivity index (χ0) is 34.4. The molecule has 0 aromatic heterocycles. The lowest BCUT2D eigenvalue weighted by atomic mass is 9.41. The molecule has 0 spiro atoms. The van der Waals surface area contributed by atoms with Gasteiger partial charge in [-0.15, -0.1) is 0 Å². The van der Waals surface area contributed by atoms with Gasteiger partial charge in [-0.2, -0.15) is 0 Å². The summed E-state index contributed by atoms with van der Waals surface area (Å²) in [5.74, 6) is 19.6. The number of rotatable bonds is 5. The maximum absolute atomic E-state index is 2.79. The van der Waals surface area contributed by atoms with Crippen LogP contribution in [0, 0.1) is 107 Å². The molecule has 0 aliphatic heterocycles. The van der Waals surface area contributed by atoms with E-state index in [0.717, 1.165) is 107 Å². The van der Waals surface area contributed by atoms with Gasteiger partial charge in [0.25, 0.3) is 0 Å². The minimum absolute atomic E-state index is 0.960. The third-order valence-corrected chi connectivity index (χ3v) is 20.9. The van der Waals surface area contributed by atoms with E-state index in [2.05, 4.69) is 12.2 Å². The Kier molecular flexibility index (Phi) is 11.3. The molecule has 0 N–H and O–H groups in total. The first-order valence-corrected chi connectivity index (χ1v) is 25.5. The molecule has 0 aromatic carbocycles.